The molecule has 0 radical (unpaired) electrons. The molecule has 0 heterocycles. The number of hydrogen-bond acceptors (Lipinski definition) is 7. The summed E-state index contributed by atoms with van der Waals surface area (Å²) in [7, 11) is -7.89. The number of carbonyl (C=O) groups is 3. The maximum absolute atomic E-state index is 13.0. The molecule has 0 aliphatic rings. The summed E-state index contributed by atoms with van der Waals surface area (Å²) in [5.74, 6) is -2.38. The van der Waals surface area contributed by atoms with Crippen LogP contribution in [-0.2, 0) is 29.6 Å². The van der Waals surface area contributed by atoms with Crippen LogP contribution in [0.4, 0.5) is 0 Å². The largest absolute Gasteiger partial charge is 0.481 e. The van der Waals surface area contributed by atoms with E-state index in [1.165, 1.54) is 42.5 Å². The van der Waals surface area contributed by atoms with Gasteiger partial charge in [0.15, 0.2) is 5.78 Å². The van der Waals surface area contributed by atoms with Crippen molar-refractivity contribution in [2.24, 2.45) is 0 Å². The summed E-state index contributed by atoms with van der Waals surface area (Å²) in [4.78, 5) is 33.7. The average Bonchev–Trinajstić information content (AvgIpc) is 2.87. The number of benzene rings is 2. The summed E-state index contributed by atoms with van der Waals surface area (Å²) in [5.41, 5.74) is 0.124. The van der Waals surface area contributed by atoms with Crippen molar-refractivity contribution >= 4 is 49.4 Å². The second-order valence-electron chi connectivity index (χ2n) is 8.71. The first-order chi connectivity index (χ1) is 18.3. The molecule has 0 aliphatic carbocycles. The Kier molecular flexibility index (Phi) is 12.5. The van der Waals surface area contributed by atoms with Crippen molar-refractivity contribution in [1.29, 1.82) is 0 Å². The van der Waals surface area contributed by atoms with E-state index in [4.69, 9.17) is 21.8 Å². The predicted octanol–water partition coefficient (Wildman–Crippen LogP) is 3.42. The van der Waals surface area contributed by atoms with E-state index in [-0.39, 0.29) is 51.9 Å². The van der Waals surface area contributed by atoms with Crippen LogP contribution in [-0.4, -0.2) is 57.9 Å². The van der Waals surface area contributed by atoms with Gasteiger partial charge in [0.25, 0.3) is 0 Å². The number of nitrogens with one attached hydrogen (secondary N) is 2. The van der Waals surface area contributed by atoms with Gasteiger partial charge in [-0.25, -0.2) is 26.3 Å². The summed E-state index contributed by atoms with van der Waals surface area (Å²) in [6, 6.07) is 9.05. The fourth-order valence-corrected chi connectivity index (χ4v) is 6.30. The molecule has 214 valence electrons. The summed E-state index contributed by atoms with van der Waals surface area (Å²) >= 11 is 6.18. The van der Waals surface area contributed by atoms with Crippen LogP contribution >= 0.6 is 11.6 Å². The fourth-order valence-electron chi connectivity index (χ4n) is 3.56. The molecule has 2 aromatic carbocycles. The minimum Gasteiger partial charge on any atom is -0.481 e. The highest BCUT2D eigenvalue weighted by Crippen LogP contribution is 2.25. The highest BCUT2D eigenvalue weighted by atomic mass is 35.5. The van der Waals surface area contributed by atoms with Crippen LogP contribution in [0.1, 0.15) is 67.3 Å². The Labute approximate surface area is 232 Å². The minimum absolute atomic E-state index is 0.00952. The summed E-state index contributed by atoms with van der Waals surface area (Å²) in [5, 5.41) is 17.1. The van der Waals surface area contributed by atoms with Crippen molar-refractivity contribution in [3.63, 3.8) is 0 Å². The van der Waals surface area contributed by atoms with E-state index in [9.17, 15) is 31.2 Å². The Morgan fingerprint density at radius 3 is 1.77 bits per heavy atom. The van der Waals surface area contributed by atoms with Crippen molar-refractivity contribution in [2.75, 3.05) is 13.1 Å². The SMILES string of the molecule is O=C(O)CCCCCNS(=O)(=O)c1cccc(C(=O)c2ccc(S(=O)(=O)NCCCCCC(=O)O)c(Cl)c2)c1. The van der Waals surface area contributed by atoms with E-state index in [1.807, 2.05) is 0 Å². The first kappa shape index (κ1) is 32.4. The zero-order valence-corrected chi connectivity index (χ0v) is 23.4. The Bertz CT molecular complexity index is 1390. The monoisotopic (exact) mass is 602 g/mol. The average molecular weight is 603 g/mol. The van der Waals surface area contributed by atoms with Crippen LogP contribution in [0.2, 0.25) is 5.02 Å². The van der Waals surface area contributed by atoms with Gasteiger partial charge in [0.05, 0.1) is 9.92 Å². The first-order valence-corrected chi connectivity index (χ1v) is 15.5. The van der Waals surface area contributed by atoms with E-state index < -0.39 is 37.8 Å². The number of unbranched alkanes of at least 4 members (excludes halogenated alkanes) is 4. The summed E-state index contributed by atoms with van der Waals surface area (Å²) in [6.07, 6.45) is 2.87. The third-order valence-electron chi connectivity index (χ3n) is 5.61. The second-order valence-corrected chi connectivity index (χ2v) is 12.6. The molecule has 0 aliphatic heterocycles. The van der Waals surface area contributed by atoms with Crippen LogP contribution in [0.15, 0.2) is 52.3 Å². The molecular weight excluding hydrogens is 572 g/mol. The smallest absolute Gasteiger partial charge is 0.303 e. The molecule has 2 aromatic rings. The van der Waals surface area contributed by atoms with Gasteiger partial charge < -0.3 is 10.2 Å². The fraction of sp³-hybridized carbons (Fsp3) is 0.400. The van der Waals surface area contributed by atoms with Gasteiger partial charge in [-0.3, -0.25) is 14.4 Å². The Hall–Kier alpha value is -2.84. The van der Waals surface area contributed by atoms with Crippen molar-refractivity contribution in [1.82, 2.24) is 9.44 Å². The number of aliphatic carboxylic acids is 2. The number of carbonyl (C=O) groups excluding carboxylic acids is 1. The van der Waals surface area contributed by atoms with Gasteiger partial charge in [-0.15, -0.1) is 0 Å². The van der Waals surface area contributed by atoms with Gasteiger partial charge in [-0.2, -0.15) is 0 Å². The Balaban J connectivity index is 2.03. The number of sulfonamides is 2. The van der Waals surface area contributed by atoms with Crippen LogP contribution in [0.5, 0.6) is 0 Å². The highest BCUT2D eigenvalue weighted by Gasteiger charge is 2.21. The van der Waals surface area contributed by atoms with Gasteiger partial charge >= 0.3 is 11.9 Å². The van der Waals surface area contributed by atoms with E-state index in [0.717, 1.165) is 0 Å². The van der Waals surface area contributed by atoms with E-state index in [0.29, 0.717) is 38.5 Å². The van der Waals surface area contributed by atoms with Crippen LogP contribution in [0.25, 0.3) is 0 Å². The maximum Gasteiger partial charge on any atom is 0.303 e. The van der Waals surface area contributed by atoms with Gasteiger partial charge in [-0.05, 0) is 56.0 Å². The van der Waals surface area contributed by atoms with Crippen molar-refractivity contribution in [2.45, 2.75) is 61.2 Å². The molecule has 0 spiro atoms. The lowest BCUT2D eigenvalue weighted by Gasteiger charge is -2.11. The molecule has 0 saturated carbocycles. The Morgan fingerprint density at radius 2 is 1.23 bits per heavy atom. The molecule has 2 rings (SSSR count). The van der Waals surface area contributed by atoms with Crippen molar-refractivity contribution in [3.8, 4) is 0 Å². The lowest BCUT2D eigenvalue weighted by molar-refractivity contribution is -0.138. The number of carboxylic acid groups (broad SMARTS) is 2. The molecule has 0 atom stereocenters. The zero-order chi connectivity index (χ0) is 29.1. The zero-order valence-electron chi connectivity index (χ0n) is 21.1. The maximum atomic E-state index is 13.0. The van der Waals surface area contributed by atoms with Crippen LogP contribution in [0, 0.1) is 0 Å². The lowest BCUT2D eigenvalue weighted by Crippen LogP contribution is -2.25. The molecule has 39 heavy (non-hydrogen) atoms. The summed E-state index contributed by atoms with van der Waals surface area (Å²) in [6.45, 7) is 0.207. The minimum atomic E-state index is -3.97. The molecule has 0 saturated heterocycles. The van der Waals surface area contributed by atoms with Crippen LogP contribution < -0.4 is 9.44 Å². The third-order valence-corrected chi connectivity index (χ3v) is 9.01. The topological polar surface area (TPSA) is 184 Å². The first-order valence-electron chi connectivity index (χ1n) is 12.2. The van der Waals surface area contributed by atoms with Gasteiger partial charge in [0.2, 0.25) is 20.0 Å². The number of rotatable bonds is 18. The van der Waals surface area contributed by atoms with Gasteiger partial charge in [0, 0.05) is 37.1 Å². The van der Waals surface area contributed by atoms with Crippen molar-refractivity contribution in [3.05, 3.63) is 58.6 Å². The molecule has 0 aromatic heterocycles. The standard InChI is InChI=1S/C25H31ClN2O9S2/c26-21-17-19(12-13-22(21)39(36,37)28-15-6-2-4-11-24(31)32)25(33)18-8-7-9-20(16-18)38(34,35)27-14-5-1-3-10-23(29)30/h7-9,12-13,16-17,27-28H,1-6,10-11,14-15H2,(H,29,30)(H,31,32). The summed E-state index contributed by atoms with van der Waals surface area (Å²) < 4.78 is 55.3. The molecule has 14 heteroatoms. The van der Waals surface area contributed by atoms with E-state index in [2.05, 4.69) is 9.44 Å². The molecule has 4 N–H and O–H groups in total. The molecule has 0 bridgehead atoms. The lowest BCUT2D eigenvalue weighted by atomic mass is 10.0. The number of halogens is 1. The molecule has 0 fully saturated rings. The van der Waals surface area contributed by atoms with E-state index in [1.54, 1.807) is 0 Å². The van der Waals surface area contributed by atoms with Crippen LogP contribution in [0.3, 0.4) is 0 Å². The molecule has 11 nitrogen and oxygen atoms in total. The van der Waals surface area contributed by atoms with Gasteiger partial charge in [0.1, 0.15) is 4.90 Å². The number of ketones is 1. The number of carboxylic acids is 2. The predicted molar refractivity (Wildman–Crippen MR) is 144 cm³/mol. The third kappa shape index (κ3) is 10.7. The quantitative estimate of drug-likeness (QED) is 0.147. The van der Waals surface area contributed by atoms with Gasteiger partial charge in [-0.1, -0.05) is 36.6 Å². The molecule has 0 unspecified atom stereocenters. The van der Waals surface area contributed by atoms with E-state index >= 15 is 0 Å². The Morgan fingerprint density at radius 1 is 0.692 bits per heavy atom. The molecular formula is C25H31ClN2O9S2. The number of hydrogen-bond donors (Lipinski definition) is 4. The van der Waals surface area contributed by atoms with Crippen molar-refractivity contribution < 1.29 is 41.4 Å². The highest BCUT2D eigenvalue weighted by molar-refractivity contribution is 7.89. The normalized spacial score (nSPS) is 11.8. The second kappa shape index (κ2) is 15.1. The molecule has 0 amide bonds.